The van der Waals surface area contributed by atoms with Crippen LogP contribution >= 0.6 is 23.1 Å². The Labute approximate surface area is 167 Å². The minimum absolute atomic E-state index is 0.0306. The quantitative estimate of drug-likeness (QED) is 0.314. The fourth-order valence-corrected chi connectivity index (χ4v) is 3.94. The molecule has 1 aromatic carbocycles. The second-order valence-electron chi connectivity index (χ2n) is 5.56. The van der Waals surface area contributed by atoms with Crippen LogP contribution in [0.1, 0.15) is 22.8 Å². The first-order valence-corrected chi connectivity index (χ1v) is 9.95. The number of ether oxygens (including phenoxy) is 1. The Morgan fingerprint density at radius 2 is 2.14 bits per heavy atom. The molecule has 0 fully saturated rings. The van der Waals surface area contributed by atoms with Gasteiger partial charge in [0.1, 0.15) is 0 Å². The molecule has 28 heavy (non-hydrogen) atoms. The fraction of sp³-hybridized carbons (Fsp3) is 0.235. The van der Waals surface area contributed by atoms with Gasteiger partial charge in [-0.25, -0.2) is 9.78 Å². The van der Waals surface area contributed by atoms with Gasteiger partial charge in [0.2, 0.25) is 11.8 Å². The number of aromatic amines is 1. The number of thiazole rings is 1. The predicted molar refractivity (Wildman–Crippen MR) is 106 cm³/mol. The normalized spacial score (nSPS) is 10.8. The van der Waals surface area contributed by atoms with E-state index >= 15 is 0 Å². The van der Waals surface area contributed by atoms with Gasteiger partial charge >= 0.3 is 5.97 Å². The van der Waals surface area contributed by atoms with Crippen LogP contribution in [0.5, 0.6) is 5.88 Å². The highest BCUT2D eigenvalue weighted by molar-refractivity contribution is 7.99. The second kappa shape index (κ2) is 8.40. The number of amides is 1. The molecule has 0 saturated carbocycles. The number of aromatic hydroxyl groups is 1. The maximum Gasteiger partial charge on any atom is 0.337 e. The van der Waals surface area contributed by atoms with Gasteiger partial charge in [0.15, 0.2) is 10.3 Å². The first-order valence-electron chi connectivity index (χ1n) is 8.15. The highest BCUT2D eigenvalue weighted by atomic mass is 32.2. The molecule has 0 atom stereocenters. The first kappa shape index (κ1) is 19.8. The number of carbonyl (C=O) groups is 2. The van der Waals surface area contributed by atoms with Crippen LogP contribution < -0.4 is 10.9 Å². The Morgan fingerprint density at radius 3 is 2.82 bits per heavy atom. The van der Waals surface area contributed by atoms with E-state index in [1.165, 1.54) is 18.4 Å². The van der Waals surface area contributed by atoms with E-state index < -0.39 is 11.5 Å². The molecule has 3 rings (SSSR count). The lowest BCUT2D eigenvalue weighted by Gasteiger charge is -2.04. The molecule has 1 amide bonds. The standard InChI is InChI=1S/C17H16N4O5S2/c1-3-9-13(23)20-16(21-14(9)24)27-7-12(22)19-17-18-10-5-4-8(15(25)26-2)6-11(10)28-17/h4-6H,3,7H2,1-2H3,(H,18,19,22)(H2,20,21,23,24). The molecule has 3 N–H and O–H groups in total. The number of nitrogens with one attached hydrogen (secondary N) is 2. The Morgan fingerprint density at radius 1 is 1.36 bits per heavy atom. The molecular formula is C17H16N4O5S2. The van der Waals surface area contributed by atoms with Crippen molar-refractivity contribution in [2.24, 2.45) is 0 Å². The van der Waals surface area contributed by atoms with Crippen LogP contribution in [0.2, 0.25) is 0 Å². The van der Waals surface area contributed by atoms with Gasteiger partial charge in [-0.2, -0.15) is 4.98 Å². The predicted octanol–water partition coefficient (Wildman–Crippen LogP) is 2.16. The van der Waals surface area contributed by atoms with E-state index in [4.69, 9.17) is 0 Å². The van der Waals surface area contributed by atoms with Crippen LogP contribution in [0.15, 0.2) is 28.2 Å². The molecule has 0 aliphatic heterocycles. The third-order valence-corrected chi connectivity index (χ3v) is 5.53. The number of carbonyl (C=O) groups excluding carboxylic acids is 2. The van der Waals surface area contributed by atoms with Gasteiger partial charge in [-0.05, 0) is 24.6 Å². The summed E-state index contributed by atoms with van der Waals surface area (Å²) in [5, 5.41) is 12.9. The van der Waals surface area contributed by atoms with Gasteiger partial charge in [-0.15, -0.1) is 0 Å². The summed E-state index contributed by atoms with van der Waals surface area (Å²) in [7, 11) is 1.31. The van der Waals surface area contributed by atoms with Gasteiger partial charge in [-0.3, -0.25) is 9.59 Å². The van der Waals surface area contributed by atoms with Crippen LogP contribution in [0, 0.1) is 0 Å². The average molecular weight is 420 g/mol. The number of anilines is 1. The molecule has 0 aliphatic rings. The third-order valence-electron chi connectivity index (χ3n) is 3.72. The number of thioether (sulfide) groups is 1. The van der Waals surface area contributed by atoms with Crippen molar-refractivity contribution in [3.05, 3.63) is 39.7 Å². The van der Waals surface area contributed by atoms with E-state index in [-0.39, 0.29) is 28.3 Å². The minimum Gasteiger partial charge on any atom is -0.493 e. The number of nitrogens with zero attached hydrogens (tertiary/aromatic N) is 2. The zero-order valence-electron chi connectivity index (χ0n) is 14.9. The summed E-state index contributed by atoms with van der Waals surface area (Å²) >= 11 is 2.21. The van der Waals surface area contributed by atoms with Crippen LogP contribution in [0.4, 0.5) is 5.13 Å². The summed E-state index contributed by atoms with van der Waals surface area (Å²) in [4.78, 5) is 46.3. The molecule has 0 saturated heterocycles. The van der Waals surface area contributed by atoms with E-state index in [1.807, 2.05) is 0 Å². The van der Waals surface area contributed by atoms with Gasteiger partial charge in [-0.1, -0.05) is 30.0 Å². The lowest BCUT2D eigenvalue weighted by atomic mass is 10.2. The van der Waals surface area contributed by atoms with E-state index in [1.54, 1.807) is 25.1 Å². The molecule has 3 aromatic rings. The Hall–Kier alpha value is -2.92. The maximum absolute atomic E-state index is 12.2. The number of hydrogen-bond donors (Lipinski definition) is 3. The van der Waals surface area contributed by atoms with Crippen LogP contribution in [-0.2, 0) is 16.0 Å². The summed E-state index contributed by atoms with van der Waals surface area (Å²) in [5.41, 5.74) is 0.823. The molecule has 11 heteroatoms. The number of esters is 1. The number of methoxy groups -OCH3 is 1. The molecule has 0 bridgehead atoms. The fourth-order valence-electron chi connectivity index (χ4n) is 2.36. The second-order valence-corrected chi connectivity index (χ2v) is 7.55. The number of aromatic nitrogens is 3. The average Bonchev–Trinajstić information content (AvgIpc) is 3.06. The van der Waals surface area contributed by atoms with Gasteiger partial charge in [0, 0.05) is 0 Å². The summed E-state index contributed by atoms with van der Waals surface area (Å²) in [6.45, 7) is 1.73. The zero-order chi connectivity index (χ0) is 20.3. The molecule has 146 valence electrons. The molecule has 0 radical (unpaired) electrons. The van der Waals surface area contributed by atoms with E-state index in [2.05, 4.69) is 25.0 Å². The zero-order valence-corrected chi connectivity index (χ0v) is 16.6. The van der Waals surface area contributed by atoms with Crippen LogP contribution in [0.25, 0.3) is 10.2 Å². The van der Waals surface area contributed by atoms with Crippen LogP contribution in [0.3, 0.4) is 0 Å². The molecule has 0 unspecified atom stereocenters. The highest BCUT2D eigenvalue weighted by Crippen LogP contribution is 2.27. The molecule has 2 aromatic heterocycles. The Kier molecular flexibility index (Phi) is 5.95. The number of rotatable bonds is 6. The number of fused-ring (bicyclic) bond motifs is 1. The number of benzene rings is 1. The molecule has 0 aliphatic carbocycles. The summed E-state index contributed by atoms with van der Waals surface area (Å²) in [5.74, 6) is -1.16. The largest absolute Gasteiger partial charge is 0.493 e. The van der Waals surface area contributed by atoms with Crippen molar-refractivity contribution in [2.75, 3.05) is 18.2 Å². The van der Waals surface area contributed by atoms with E-state index in [0.29, 0.717) is 22.6 Å². The Balaban J connectivity index is 1.66. The van der Waals surface area contributed by atoms with Crippen LogP contribution in [-0.4, -0.2) is 44.8 Å². The van der Waals surface area contributed by atoms with Crippen molar-refractivity contribution in [1.82, 2.24) is 15.0 Å². The van der Waals surface area contributed by atoms with E-state index in [0.717, 1.165) is 16.5 Å². The van der Waals surface area contributed by atoms with Gasteiger partial charge in [0.25, 0.3) is 5.56 Å². The summed E-state index contributed by atoms with van der Waals surface area (Å²) in [6.07, 6.45) is 0.356. The Bertz CT molecular complexity index is 1110. The van der Waals surface area contributed by atoms with Crippen molar-refractivity contribution in [3.63, 3.8) is 0 Å². The highest BCUT2D eigenvalue weighted by Gasteiger charge is 2.13. The van der Waals surface area contributed by atoms with Gasteiger partial charge < -0.3 is 20.1 Å². The lowest BCUT2D eigenvalue weighted by Crippen LogP contribution is -2.17. The maximum atomic E-state index is 12.2. The summed E-state index contributed by atoms with van der Waals surface area (Å²) < 4.78 is 5.42. The molecular weight excluding hydrogens is 404 g/mol. The SMILES string of the molecule is CCc1c(O)nc(SCC(=O)Nc2nc3ccc(C(=O)OC)cc3s2)[nH]c1=O. The van der Waals surface area contributed by atoms with Crippen molar-refractivity contribution in [3.8, 4) is 5.88 Å². The van der Waals surface area contributed by atoms with E-state index in [9.17, 15) is 19.5 Å². The topological polar surface area (TPSA) is 134 Å². The molecule has 9 nitrogen and oxygen atoms in total. The smallest absolute Gasteiger partial charge is 0.337 e. The van der Waals surface area contributed by atoms with Gasteiger partial charge in [0.05, 0.1) is 34.2 Å². The monoisotopic (exact) mass is 420 g/mol. The molecule has 2 heterocycles. The summed E-state index contributed by atoms with van der Waals surface area (Å²) in [6, 6.07) is 4.93. The number of hydrogen-bond acceptors (Lipinski definition) is 9. The first-order chi connectivity index (χ1) is 13.4. The van der Waals surface area contributed by atoms with Crippen molar-refractivity contribution in [1.29, 1.82) is 0 Å². The van der Waals surface area contributed by atoms with Crippen molar-refractivity contribution in [2.45, 2.75) is 18.5 Å². The number of H-pyrrole nitrogens is 1. The molecule has 0 spiro atoms. The third kappa shape index (κ3) is 4.31. The lowest BCUT2D eigenvalue weighted by molar-refractivity contribution is -0.113. The minimum atomic E-state index is -0.448. The van der Waals surface area contributed by atoms with Crippen molar-refractivity contribution >= 4 is 50.3 Å². The van der Waals surface area contributed by atoms with Crippen molar-refractivity contribution < 1.29 is 19.4 Å².